The fourth-order valence-corrected chi connectivity index (χ4v) is 5.50. The van der Waals surface area contributed by atoms with Gasteiger partial charge in [0, 0.05) is 45.0 Å². The highest BCUT2D eigenvalue weighted by atomic mass is 79.9. The van der Waals surface area contributed by atoms with Gasteiger partial charge in [-0.3, -0.25) is 9.59 Å². The molecule has 2 N–H and O–H groups in total. The monoisotopic (exact) mass is 530 g/mol. The first-order valence-electron chi connectivity index (χ1n) is 11.5. The number of hydrogen-bond donors (Lipinski definition) is 2. The lowest BCUT2D eigenvalue weighted by molar-refractivity contribution is -0.116. The summed E-state index contributed by atoms with van der Waals surface area (Å²) in [5.74, 6) is -1.22. The van der Waals surface area contributed by atoms with E-state index in [0.717, 1.165) is 21.3 Å². The number of carbonyl (C=O) groups is 2. The molecule has 2 unspecified atom stereocenters. The van der Waals surface area contributed by atoms with Crippen LogP contribution in [0, 0.1) is 5.82 Å². The van der Waals surface area contributed by atoms with Gasteiger partial charge in [-0.1, -0.05) is 64.5 Å². The summed E-state index contributed by atoms with van der Waals surface area (Å²) in [6.07, 6.45) is 1.07. The summed E-state index contributed by atoms with van der Waals surface area (Å²) in [6.45, 7) is 1.85. The van der Waals surface area contributed by atoms with Crippen molar-refractivity contribution >= 4 is 33.3 Å². The quantitative estimate of drug-likeness (QED) is 0.400. The molecule has 3 aromatic rings. The molecule has 2 aliphatic rings. The highest BCUT2D eigenvalue weighted by Crippen LogP contribution is 2.46. The average molecular weight is 531 g/mol. The van der Waals surface area contributed by atoms with E-state index in [1.807, 2.05) is 49.4 Å². The van der Waals surface area contributed by atoms with Gasteiger partial charge in [-0.05, 0) is 60.7 Å². The number of halogens is 2. The highest BCUT2D eigenvalue weighted by molar-refractivity contribution is 9.10. The number of amides is 1. The second kappa shape index (κ2) is 9.62. The first-order chi connectivity index (χ1) is 16.9. The Morgan fingerprint density at radius 1 is 0.971 bits per heavy atom. The van der Waals surface area contributed by atoms with Crippen molar-refractivity contribution in [1.82, 2.24) is 5.32 Å². The molecule has 1 heterocycles. The summed E-state index contributed by atoms with van der Waals surface area (Å²) < 4.78 is 14.6. The number of carbonyl (C=O) groups excluding carboxylic acids is 2. The maximum Gasteiger partial charge on any atom is 0.254 e. The molecule has 5 rings (SSSR count). The maximum atomic E-state index is 13.7. The van der Waals surface area contributed by atoms with E-state index in [9.17, 15) is 14.0 Å². The zero-order valence-corrected chi connectivity index (χ0v) is 20.7. The van der Waals surface area contributed by atoms with Crippen molar-refractivity contribution in [3.05, 3.63) is 123 Å². The molecule has 0 bridgehead atoms. The Kier molecular flexibility index (Phi) is 6.39. The van der Waals surface area contributed by atoms with E-state index in [-0.39, 0.29) is 17.6 Å². The van der Waals surface area contributed by atoms with E-state index in [0.29, 0.717) is 35.4 Å². The molecule has 6 heteroatoms. The van der Waals surface area contributed by atoms with Gasteiger partial charge in [0.15, 0.2) is 5.78 Å². The molecule has 1 aliphatic carbocycles. The van der Waals surface area contributed by atoms with Gasteiger partial charge >= 0.3 is 0 Å². The molecule has 0 saturated carbocycles. The van der Waals surface area contributed by atoms with Crippen molar-refractivity contribution in [3.8, 4) is 0 Å². The van der Waals surface area contributed by atoms with Crippen LogP contribution in [-0.2, 0) is 9.59 Å². The second-order valence-corrected chi connectivity index (χ2v) is 9.86. The normalized spacial score (nSPS) is 19.8. The molecular formula is C29H24BrFN2O2. The fourth-order valence-electron chi connectivity index (χ4n) is 5.09. The minimum atomic E-state index is -0.526. The molecule has 1 amide bonds. The third kappa shape index (κ3) is 4.71. The summed E-state index contributed by atoms with van der Waals surface area (Å²) >= 11 is 3.53. The first kappa shape index (κ1) is 23.2. The highest BCUT2D eigenvalue weighted by Gasteiger charge is 2.40. The van der Waals surface area contributed by atoms with Crippen LogP contribution in [0.2, 0.25) is 0 Å². The number of dihydropyridines is 1. The topological polar surface area (TPSA) is 58.2 Å². The Bertz CT molecular complexity index is 1380. The van der Waals surface area contributed by atoms with Crippen LogP contribution in [0.25, 0.3) is 0 Å². The number of anilines is 1. The Morgan fingerprint density at radius 2 is 1.71 bits per heavy atom. The predicted octanol–water partition coefficient (Wildman–Crippen LogP) is 6.59. The summed E-state index contributed by atoms with van der Waals surface area (Å²) in [5, 5.41) is 6.20. The van der Waals surface area contributed by atoms with E-state index in [1.54, 1.807) is 12.1 Å². The van der Waals surface area contributed by atoms with Crippen molar-refractivity contribution in [3.63, 3.8) is 0 Å². The predicted molar refractivity (Wildman–Crippen MR) is 138 cm³/mol. The van der Waals surface area contributed by atoms with Crippen molar-refractivity contribution in [2.24, 2.45) is 0 Å². The zero-order chi connectivity index (χ0) is 24.5. The van der Waals surface area contributed by atoms with E-state index >= 15 is 0 Å². The molecule has 0 fully saturated rings. The molecule has 1 aliphatic heterocycles. The molecule has 0 saturated heterocycles. The van der Waals surface area contributed by atoms with Gasteiger partial charge in [0.25, 0.3) is 5.91 Å². The molecule has 0 aromatic heterocycles. The van der Waals surface area contributed by atoms with Gasteiger partial charge in [0.05, 0.1) is 0 Å². The number of allylic oxidation sites excluding steroid dienone is 3. The van der Waals surface area contributed by atoms with E-state index in [4.69, 9.17) is 0 Å². The lowest BCUT2D eigenvalue weighted by Gasteiger charge is -2.37. The third-order valence-corrected chi connectivity index (χ3v) is 7.10. The molecule has 0 spiro atoms. The van der Waals surface area contributed by atoms with E-state index in [1.165, 1.54) is 12.1 Å². The number of nitrogens with one attached hydrogen (secondary N) is 2. The maximum absolute atomic E-state index is 13.7. The summed E-state index contributed by atoms with van der Waals surface area (Å²) in [5.41, 5.74) is 4.97. The van der Waals surface area contributed by atoms with E-state index < -0.39 is 11.7 Å². The van der Waals surface area contributed by atoms with Crippen LogP contribution in [0.15, 0.2) is 106 Å². The van der Waals surface area contributed by atoms with Crippen LogP contribution in [0.5, 0.6) is 0 Å². The Hall–Kier alpha value is -3.51. The SMILES string of the molecule is CC1=C(C(=O)Nc2cccc(F)c2)C(c2cccc(Br)c2)C2=C(CC(c3ccccc3)CC2=O)N1. The van der Waals surface area contributed by atoms with Crippen LogP contribution in [0.4, 0.5) is 10.1 Å². The van der Waals surface area contributed by atoms with Crippen LogP contribution < -0.4 is 10.6 Å². The van der Waals surface area contributed by atoms with Gasteiger partial charge in [-0.25, -0.2) is 4.39 Å². The number of ketones is 1. The summed E-state index contributed by atoms with van der Waals surface area (Å²) in [7, 11) is 0. The van der Waals surface area contributed by atoms with Crippen LogP contribution >= 0.6 is 15.9 Å². The summed E-state index contributed by atoms with van der Waals surface area (Å²) in [6, 6.07) is 23.5. The smallest absolute Gasteiger partial charge is 0.254 e. The minimum Gasteiger partial charge on any atom is -0.362 e. The molecule has 3 aromatic carbocycles. The minimum absolute atomic E-state index is 0.0288. The number of hydrogen-bond acceptors (Lipinski definition) is 3. The average Bonchev–Trinajstić information content (AvgIpc) is 2.83. The summed E-state index contributed by atoms with van der Waals surface area (Å²) in [4.78, 5) is 27.2. The van der Waals surface area contributed by atoms with Crippen LogP contribution in [0.3, 0.4) is 0 Å². The molecule has 2 atom stereocenters. The van der Waals surface area contributed by atoms with E-state index in [2.05, 4.69) is 38.7 Å². The third-order valence-electron chi connectivity index (χ3n) is 6.61. The van der Waals surface area contributed by atoms with Gasteiger partial charge in [-0.15, -0.1) is 0 Å². The largest absolute Gasteiger partial charge is 0.362 e. The Labute approximate surface area is 212 Å². The lowest BCUT2D eigenvalue weighted by Crippen LogP contribution is -2.37. The number of rotatable bonds is 4. The van der Waals surface area contributed by atoms with Crippen molar-refractivity contribution in [2.75, 3.05) is 5.32 Å². The van der Waals surface area contributed by atoms with Crippen molar-refractivity contribution < 1.29 is 14.0 Å². The van der Waals surface area contributed by atoms with Crippen molar-refractivity contribution in [2.45, 2.75) is 31.6 Å². The molecule has 35 heavy (non-hydrogen) atoms. The van der Waals surface area contributed by atoms with Gasteiger partial charge in [0.1, 0.15) is 5.82 Å². The van der Waals surface area contributed by atoms with Crippen molar-refractivity contribution in [1.29, 1.82) is 0 Å². The Morgan fingerprint density at radius 3 is 2.46 bits per heavy atom. The zero-order valence-electron chi connectivity index (χ0n) is 19.1. The Balaban J connectivity index is 1.57. The van der Waals surface area contributed by atoms with Gasteiger partial charge in [0.2, 0.25) is 0 Å². The van der Waals surface area contributed by atoms with Gasteiger partial charge < -0.3 is 10.6 Å². The number of benzene rings is 3. The standard InChI is InChI=1S/C29H24BrFN2O2/c1-17-26(29(35)33-23-12-6-11-22(31)16-23)27(19-9-5-10-21(30)13-19)28-24(32-17)14-20(15-25(28)34)18-7-3-2-4-8-18/h2-13,16,20,27,32H,14-15H2,1H3,(H,33,35). The fraction of sp³-hybridized carbons (Fsp3) is 0.172. The molecule has 0 radical (unpaired) electrons. The second-order valence-electron chi connectivity index (χ2n) is 8.95. The molecule has 176 valence electrons. The molecular weight excluding hydrogens is 507 g/mol. The molecule has 4 nitrogen and oxygen atoms in total. The van der Waals surface area contributed by atoms with Crippen LogP contribution in [0.1, 0.15) is 42.7 Å². The lowest BCUT2D eigenvalue weighted by atomic mass is 9.71. The van der Waals surface area contributed by atoms with Gasteiger partial charge in [-0.2, -0.15) is 0 Å². The first-order valence-corrected chi connectivity index (χ1v) is 12.3. The van der Waals surface area contributed by atoms with Crippen LogP contribution in [-0.4, -0.2) is 11.7 Å². The number of Topliss-reactive ketones (excluding diaryl/α,β-unsaturated/α-hetero) is 1.